The Hall–Kier alpha value is -1.35. The normalized spacial score (nSPS) is 19.5. The number of carbonyl (C=O) groups excluding carboxylic acids is 1. The van der Waals surface area contributed by atoms with Crippen LogP contribution in [-0.4, -0.2) is 44.9 Å². The second kappa shape index (κ2) is 12.3. The maximum atomic E-state index is 12.5. The minimum Gasteiger partial charge on any atom is -0.390 e. The largest absolute Gasteiger partial charge is 0.390 e. The summed E-state index contributed by atoms with van der Waals surface area (Å²) in [4.78, 5) is 16.6. The van der Waals surface area contributed by atoms with Crippen LogP contribution in [0.15, 0.2) is 29.4 Å². The fourth-order valence-corrected chi connectivity index (χ4v) is 4.51. The van der Waals surface area contributed by atoms with E-state index in [1.165, 1.54) is 19.3 Å². The first kappa shape index (κ1) is 22.9. The number of rotatable bonds is 11. The first-order valence-corrected chi connectivity index (χ1v) is 11.5. The molecule has 1 aromatic rings. The second-order valence-corrected chi connectivity index (χ2v) is 8.85. The topological polar surface area (TPSA) is 117 Å². The molecule has 1 aromatic heterocycles. The molecule has 1 saturated carbocycles. The van der Waals surface area contributed by atoms with Gasteiger partial charge in [-0.25, -0.2) is 13.9 Å². The van der Waals surface area contributed by atoms with Crippen molar-refractivity contribution < 1.29 is 14.1 Å². The standard InChI is InChI=1S/C20H34N4O3S/c1-2-8-17(18(25)14-23-28(27)19-11-6-7-12-22-19)24-20(26)16(21)13-15-9-4-3-5-10-15/h6-7,11-12,15-18,23,25H,2-5,8-10,13-14,21H2,1H3,(H,24,26)/t16-,17?,18?,28?/m0/s1. The SMILES string of the molecule is CCCC(NC(=O)[C@@H](N)CC1CCCCC1)C(O)CNS(=O)c1ccccn1. The number of aromatic nitrogens is 1. The lowest BCUT2D eigenvalue weighted by molar-refractivity contribution is -0.124. The van der Waals surface area contributed by atoms with Gasteiger partial charge in [0.05, 0.1) is 18.2 Å². The van der Waals surface area contributed by atoms with Gasteiger partial charge in [-0.05, 0) is 30.9 Å². The van der Waals surface area contributed by atoms with Gasteiger partial charge in [0.25, 0.3) is 0 Å². The van der Waals surface area contributed by atoms with Crippen molar-refractivity contribution in [2.75, 3.05) is 6.54 Å². The molecule has 1 fully saturated rings. The van der Waals surface area contributed by atoms with Crippen molar-refractivity contribution in [1.82, 2.24) is 15.0 Å². The molecule has 1 aliphatic rings. The summed E-state index contributed by atoms with van der Waals surface area (Å²) in [5.41, 5.74) is 6.12. The fraction of sp³-hybridized carbons (Fsp3) is 0.700. The monoisotopic (exact) mass is 410 g/mol. The average Bonchev–Trinajstić information content (AvgIpc) is 2.72. The number of hydrogen-bond acceptors (Lipinski definition) is 5. The predicted molar refractivity (Wildman–Crippen MR) is 111 cm³/mol. The molecule has 0 bridgehead atoms. The Morgan fingerprint density at radius 3 is 2.75 bits per heavy atom. The van der Waals surface area contributed by atoms with Crippen molar-refractivity contribution in [3.8, 4) is 0 Å². The molecule has 1 aliphatic carbocycles. The van der Waals surface area contributed by atoms with Crippen LogP contribution in [0.5, 0.6) is 0 Å². The summed E-state index contributed by atoms with van der Waals surface area (Å²) in [5.74, 6) is 0.306. The van der Waals surface area contributed by atoms with E-state index < -0.39 is 29.2 Å². The Balaban J connectivity index is 1.82. The summed E-state index contributed by atoms with van der Waals surface area (Å²) in [5, 5.41) is 13.8. The molecule has 0 spiro atoms. The number of nitrogens with one attached hydrogen (secondary N) is 2. The lowest BCUT2D eigenvalue weighted by atomic mass is 9.85. The van der Waals surface area contributed by atoms with Gasteiger partial charge in [-0.1, -0.05) is 51.5 Å². The highest BCUT2D eigenvalue weighted by Crippen LogP contribution is 2.27. The maximum absolute atomic E-state index is 12.5. The fourth-order valence-electron chi connectivity index (χ4n) is 3.68. The van der Waals surface area contributed by atoms with Crippen LogP contribution < -0.4 is 15.8 Å². The maximum Gasteiger partial charge on any atom is 0.237 e. The summed E-state index contributed by atoms with van der Waals surface area (Å²) in [6.45, 7) is 2.08. The summed E-state index contributed by atoms with van der Waals surface area (Å²) >= 11 is 0. The number of nitrogens with two attached hydrogens (primary N) is 1. The van der Waals surface area contributed by atoms with E-state index in [4.69, 9.17) is 5.73 Å². The molecule has 2 rings (SSSR count). The third-order valence-electron chi connectivity index (χ3n) is 5.29. The van der Waals surface area contributed by atoms with Gasteiger partial charge in [-0.2, -0.15) is 0 Å². The van der Waals surface area contributed by atoms with E-state index in [9.17, 15) is 14.1 Å². The molecule has 0 aromatic carbocycles. The third-order valence-corrected chi connectivity index (χ3v) is 6.34. The van der Waals surface area contributed by atoms with Gasteiger partial charge >= 0.3 is 0 Å². The molecule has 7 nitrogen and oxygen atoms in total. The quantitative estimate of drug-likeness (QED) is 0.442. The zero-order valence-electron chi connectivity index (χ0n) is 16.7. The zero-order valence-corrected chi connectivity index (χ0v) is 17.5. The summed E-state index contributed by atoms with van der Waals surface area (Å²) in [6, 6.07) is 4.18. The Bertz CT molecular complexity index is 611. The Morgan fingerprint density at radius 2 is 2.11 bits per heavy atom. The molecular formula is C20H34N4O3S. The van der Waals surface area contributed by atoms with Crippen molar-refractivity contribution in [2.45, 2.75) is 81.5 Å². The zero-order chi connectivity index (χ0) is 20.4. The Labute approximate surface area is 170 Å². The minimum absolute atomic E-state index is 0.0893. The highest BCUT2D eigenvalue weighted by molar-refractivity contribution is 7.83. The van der Waals surface area contributed by atoms with Crippen molar-refractivity contribution in [1.29, 1.82) is 0 Å². The molecule has 0 saturated heterocycles. The lowest BCUT2D eigenvalue weighted by Gasteiger charge is -2.27. The molecule has 4 atom stereocenters. The molecular weight excluding hydrogens is 376 g/mol. The van der Waals surface area contributed by atoms with Gasteiger partial charge in [-0.15, -0.1) is 0 Å². The van der Waals surface area contributed by atoms with Crippen LogP contribution in [0.1, 0.15) is 58.3 Å². The number of aliphatic hydroxyl groups is 1. The van der Waals surface area contributed by atoms with Gasteiger partial charge in [0.2, 0.25) is 5.91 Å². The van der Waals surface area contributed by atoms with E-state index in [1.807, 2.05) is 6.92 Å². The molecule has 0 aliphatic heterocycles. The first-order valence-electron chi connectivity index (χ1n) is 10.3. The van der Waals surface area contributed by atoms with Crippen LogP contribution in [0, 0.1) is 5.92 Å². The van der Waals surface area contributed by atoms with Crippen LogP contribution in [-0.2, 0) is 15.8 Å². The third kappa shape index (κ3) is 7.58. The molecule has 28 heavy (non-hydrogen) atoms. The number of nitrogens with zero attached hydrogens (tertiary/aromatic N) is 1. The minimum atomic E-state index is -1.51. The second-order valence-electron chi connectivity index (χ2n) is 7.60. The number of pyridine rings is 1. The van der Waals surface area contributed by atoms with E-state index >= 15 is 0 Å². The predicted octanol–water partition coefficient (Wildman–Crippen LogP) is 1.64. The van der Waals surface area contributed by atoms with Crippen molar-refractivity contribution in [3.05, 3.63) is 24.4 Å². The van der Waals surface area contributed by atoms with Gasteiger partial charge in [0, 0.05) is 12.7 Å². The number of aliphatic hydroxyl groups excluding tert-OH is 1. The van der Waals surface area contributed by atoms with Crippen LogP contribution in [0.4, 0.5) is 0 Å². The first-order chi connectivity index (χ1) is 13.5. The number of carbonyl (C=O) groups is 1. The molecule has 3 unspecified atom stereocenters. The number of hydrogen-bond donors (Lipinski definition) is 4. The van der Waals surface area contributed by atoms with Gasteiger partial charge in [0.15, 0.2) is 0 Å². The Morgan fingerprint density at radius 1 is 1.36 bits per heavy atom. The van der Waals surface area contributed by atoms with E-state index in [0.29, 0.717) is 23.8 Å². The van der Waals surface area contributed by atoms with E-state index in [1.54, 1.807) is 24.4 Å². The van der Waals surface area contributed by atoms with E-state index in [-0.39, 0.29) is 12.5 Å². The summed E-state index contributed by atoms with van der Waals surface area (Å²) in [6.07, 6.45) is 8.83. The van der Waals surface area contributed by atoms with E-state index in [2.05, 4.69) is 15.0 Å². The molecule has 0 radical (unpaired) electrons. The van der Waals surface area contributed by atoms with Crippen LogP contribution >= 0.6 is 0 Å². The van der Waals surface area contributed by atoms with Crippen molar-refractivity contribution >= 4 is 16.9 Å². The van der Waals surface area contributed by atoms with Crippen molar-refractivity contribution in [3.63, 3.8) is 0 Å². The van der Waals surface area contributed by atoms with Gasteiger partial charge in [0.1, 0.15) is 16.0 Å². The molecule has 1 amide bonds. The number of amides is 1. The van der Waals surface area contributed by atoms with Gasteiger partial charge < -0.3 is 16.2 Å². The molecule has 1 heterocycles. The lowest BCUT2D eigenvalue weighted by Crippen LogP contribution is -2.52. The molecule has 5 N–H and O–H groups in total. The molecule has 158 valence electrons. The van der Waals surface area contributed by atoms with Crippen molar-refractivity contribution in [2.24, 2.45) is 11.7 Å². The molecule has 8 heteroatoms. The van der Waals surface area contributed by atoms with Crippen LogP contribution in [0.3, 0.4) is 0 Å². The highest BCUT2D eigenvalue weighted by atomic mass is 32.2. The van der Waals surface area contributed by atoms with Crippen LogP contribution in [0.2, 0.25) is 0 Å². The van der Waals surface area contributed by atoms with Gasteiger partial charge in [-0.3, -0.25) is 4.79 Å². The summed E-state index contributed by atoms with van der Waals surface area (Å²) in [7, 11) is -1.51. The highest BCUT2D eigenvalue weighted by Gasteiger charge is 2.26. The Kier molecular flexibility index (Phi) is 10.0. The average molecular weight is 411 g/mol. The van der Waals surface area contributed by atoms with Crippen LogP contribution in [0.25, 0.3) is 0 Å². The summed E-state index contributed by atoms with van der Waals surface area (Å²) < 4.78 is 15.0. The smallest absolute Gasteiger partial charge is 0.237 e. The van der Waals surface area contributed by atoms with E-state index in [0.717, 1.165) is 19.3 Å².